The first-order chi connectivity index (χ1) is 42.7. The van der Waals surface area contributed by atoms with Crippen LogP contribution in [0.5, 0.6) is 11.8 Å². The van der Waals surface area contributed by atoms with Crippen molar-refractivity contribution in [3.63, 3.8) is 0 Å². The van der Waals surface area contributed by atoms with Crippen molar-refractivity contribution in [1.29, 1.82) is 10.5 Å². The van der Waals surface area contributed by atoms with Crippen LogP contribution in [0, 0.1) is 92.5 Å². The predicted octanol–water partition coefficient (Wildman–Crippen LogP) is 12.6. The minimum atomic E-state index is -1.75. The number of carbonyl (C=O) groups is 2. The lowest BCUT2D eigenvalue weighted by Crippen LogP contribution is -2.15. The van der Waals surface area contributed by atoms with E-state index in [0.717, 1.165) is 48.5 Å². The Balaban J connectivity index is 0.885. The van der Waals surface area contributed by atoms with Gasteiger partial charge in [0.25, 0.3) is 11.8 Å². The minimum absolute atomic E-state index is 0.000913. The van der Waals surface area contributed by atoms with Crippen LogP contribution >= 0.6 is 0 Å². The molecule has 27 heteroatoms. The van der Waals surface area contributed by atoms with Gasteiger partial charge in [-0.2, -0.15) is 10.5 Å². The van der Waals surface area contributed by atoms with Crippen molar-refractivity contribution in [2.45, 2.75) is 39.1 Å². The highest BCUT2D eigenvalue weighted by molar-refractivity contribution is 6.05. The van der Waals surface area contributed by atoms with E-state index in [1.165, 1.54) is 47.6 Å². The number of methoxy groups -OCH3 is 2. The predicted molar refractivity (Wildman–Crippen MR) is 288 cm³/mol. The molecule has 10 rings (SSSR count). The van der Waals surface area contributed by atoms with Crippen LogP contribution in [-0.2, 0) is 53.4 Å². The molecule has 0 aliphatic heterocycles. The molecule has 0 fully saturated rings. The largest absolute Gasteiger partial charge is 0.471 e. The summed E-state index contributed by atoms with van der Waals surface area (Å²) in [6.45, 7) is -1.92. The molecular formula is C62H38F12N8O7. The number of imidazole rings is 2. The Morgan fingerprint density at radius 2 is 0.865 bits per heavy atom. The second-order valence-corrected chi connectivity index (χ2v) is 19.4. The third-order valence-electron chi connectivity index (χ3n) is 13.9. The van der Waals surface area contributed by atoms with Gasteiger partial charge in [-0.1, -0.05) is 12.1 Å². The van der Waals surface area contributed by atoms with Crippen molar-refractivity contribution in [2.75, 3.05) is 27.4 Å². The molecule has 4 heterocycles. The average Bonchev–Trinajstić information content (AvgIpc) is 2.13. The van der Waals surface area contributed by atoms with Crippen LogP contribution in [0.3, 0.4) is 0 Å². The molecule has 10 aromatic rings. The fraction of sp³-hybridized carbons (Fsp3) is 0.161. The molecule has 0 saturated heterocycles. The number of esters is 2. The quantitative estimate of drug-likeness (QED) is 0.0304. The van der Waals surface area contributed by atoms with Crippen LogP contribution in [-0.4, -0.2) is 68.4 Å². The topological polar surface area (TPSA) is 189 Å². The van der Waals surface area contributed by atoms with Crippen molar-refractivity contribution in [2.24, 2.45) is 0 Å². The summed E-state index contributed by atoms with van der Waals surface area (Å²) in [4.78, 5) is 43.4. The fourth-order valence-corrected chi connectivity index (χ4v) is 9.42. The van der Waals surface area contributed by atoms with Crippen LogP contribution in [0.25, 0.3) is 44.6 Å². The summed E-state index contributed by atoms with van der Waals surface area (Å²) >= 11 is 0. The number of carbonyl (C=O) groups excluding carboxylic acids is 2. The maximum absolute atomic E-state index is 16.0. The number of rotatable bonds is 20. The van der Waals surface area contributed by atoms with Gasteiger partial charge in [-0.3, -0.25) is 0 Å². The molecule has 0 saturated carbocycles. The maximum Gasteiger partial charge on any atom is 0.346 e. The lowest BCUT2D eigenvalue weighted by atomic mass is 10.0. The molecule has 0 spiro atoms. The second kappa shape index (κ2) is 25.7. The zero-order valence-corrected chi connectivity index (χ0v) is 45.9. The number of fused-ring (bicyclic) bond motifs is 2. The van der Waals surface area contributed by atoms with Crippen LogP contribution in [0.2, 0.25) is 0 Å². The molecule has 15 nitrogen and oxygen atoms in total. The van der Waals surface area contributed by atoms with Crippen LogP contribution in [0.1, 0.15) is 65.7 Å². The van der Waals surface area contributed by atoms with Crippen LogP contribution in [0.4, 0.5) is 52.7 Å². The van der Waals surface area contributed by atoms with E-state index in [2.05, 4.69) is 19.9 Å². The Bertz CT molecular complexity index is 4320. The third kappa shape index (κ3) is 12.5. The SMILES string of the molecule is COCCn1c(Cc2c(F)cc(-c3ccc(F)c(OCc4ccc(C#N)cc4F)n3)c(F)c2F)nc2c(F)cc(C(=O)OC(=O)c3cc(F)c4nc(Cc5c(F)cc(-c6ccc(F)c(OCc7ccc(C#N)cc7F)n6)c(F)c5F)n(CCOC)c4c3)cc21. The Hall–Kier alpha value is -10.6. The number of halogens is 12. The summed E-state index contributed by atoms with van der Waals surface area (Å²) in [5.41, 5.74) is -7.19. The van der Waals surface area contributed by atoms with Crippen molar-refractivity contribution in [3.05, 3.63) is 223 Å². The van der Waals surface area contributed by atoms with Crippen molar-refractivity contribution >= 4 is 34.0 Å². The van der Waals surface area contributed by atoms with E-state index in [9.17, 15) is 27.2 Å². The summed E-state index contributed by atoms with van der Waals surface area (Å²) in [6.07, 6.45) is -1.70. The van der Waals surface area contributed by atoms with E-state index < -0.39 is 175 Å². The number of hydrogen-bond acceptors (Lipinski definition) is 13. The number of hydrogen-bond donors (Lipinski definition) is 0. The minimum Gasteiger partial charge on any atom is -0.471 e. The van der Waals surface area contributed by atoms with Crippen LogP contribution in [0.15, 0.2) is 97.1 Å². The Morgan fingerprint density at radius 3 is 1.24 bits per heavy atom. The van der Waals surface area contributed by atoms with Crippen molar-refractivity contribution in [3.8, 4) is 46.4 Å². The number of benzene rings is 6. The highest BCUT2D eigenvalue weighted by atomic mass is 19.2. The molecule has 452 valence electrons. The van der Waals surface area contributed by atoms with E-state index in [1.54, 1.807) is 12.1 Å². The fourth-order valence-electron chi connectivity index (χ4n) is 9.42. The van der Waals surface area contributed by atoms with Gasteiger partial charge in [-0.15, -0.1) is 0 Å². The zero-order valence-electron chi connectivity index (χ0n) is 45.9. The Kier molecular flexibility index (Phi) is 17.8. The first-order valence-corrected chi connectivity index (χ1v) is 26.1. The van der Waals surface area contributed by atoms with Gasteiger partial charge in [0.15, 0.2) is 46.5 Å². The third-order valence-corrected chi connectivity index (χ3v) is 13.9. The smallest absolute Gasteiger partial charge is 0.346 e. The Labute approximate surface area is 494 Å². The Morgan fingerprint density at radius 1 is 0.461 bits per heavy atom. The number of pyridine rings is 2. The van der Waals surface area contributed by atoms with Gasteiger partial charge < -0.3 is 32.8 Å². The molecule has 0 unspecified atom stereocenters. The van der Waals surface area contributed by atoms with E-state index >= 15 is 35.1 Å². The molecule has 0 bridgehead atoms. The number of nitriles is 2. The van der Waals surface area contributed by atoms with Crippen LogP contribution < -0.4 is 9.47 Å². The molecule has 0 amide bonds. The van der Waals surface area contributed by atoms with Gasteiger partial charge in [0.05, 0.1) is 70.0 Å². The normalized spacial score (nSPS) is 11.3. The first-order valence-electron chi connectivity index (χ1n) is 26.1. The standard InChI is InChI=1S/C62H38F12N8O7/c1-85-13-11-81-49-19-33(17-45(69)57(49)79-51(81)23-35-43(67)21-37(55(73)53(35)71)47-9-7-39(63)59(77-47)87-27-31-5-3-29(25-75)15-41(31)65)61(83)89-62(84)34-18-46(70)58-50(20-34)82(12-14-86-2)52(80-58)24-36-44(68)22-38(56(74)54(36)72)48-10-8-40(64)60(78-48)88-28-32-6-4-30(26-76)16-42(32)66/h3-10,15-22H,11-14,23-24,27-28H2,1-2H3. The molecular weight excluding hydrogens is 1200 g/mol. The van der Waals surface area contributed by atoms with E-state index in [4.69, 9.17) is 34.2 Å². The molecule has 0 N–H and O–H groups in total. The summed E-state index contributed by atoms with van der Waals surface area (Å²) in [5, 5.41) is 18.0. The molecule has 0 radical (unpaired) electrons. The number of aromatic nitrogens is 6. The zero-order chi connectivity index (χ0) is 63.5. The van der Waals surface area contributed by atoms with Gasteiger partial charge in [0.2, 0.25) is 0 Å². The van der Waals surface area contributed by atoms with Crippen molar-refractivity contribution < 1.29 is 86.0 Å². The molecule has 89 heavy (non-hydrogen) atoms. The summed E-state index contributed by atoms with van der Waals surface area (Å²) < 4.78 is 215. The highest BCUT2D eigenvalue weighted by Gasteiger charge is 2.29. The van der Waals surface area contributed by atoms with Gasteiger partial charge in [-0.25, -0.2) is 82.2 Å². The molecule has 6 aromatic carbocycles. The van der Waals surface area contributed by atoms with Gasteiger partial charge in [-0.05, 0) is 84.9 Å². The maximum atomic E-state index is 16.0. The van der Waals surface area contributed by atoms with E-state index in [1.807, 2.05) is 0 Å². The molecule has 0 aliphatic carbocycles. The second-order valence-electron chi connectivity index (χ2n) is 19.4. The van der Waals surface area contributed by atoms with E-state index in [0.29, 0.717) is 24.3 Å². The monoisotopic (exact) mass is 1230 g/mol. The van der Waals surface area contributed by atoms with Gasteiger partial charge in [0.1, 0.15) is 59.2 Å². The molecule has 0 aliphatic rings. The number of nitrogens with zero attached hydrogens (tertiary/aromatic N) is 8. The number of ether oxygens (including phenoxy) is 5. The summed E-state index contributed by atoms with van der Waals surface area (Å²) in [7, 11) is 2.57. The molecule has 4 aromatic heterocycles. The lowest BCUT2D eigenvalue weighted by Gasteiger charge is -2.13. The van der Waals surface area contributed by atoms with Gasteiger partial charge >= 0.3 is 11.9 Å². The van der Waals surface area contributed by atoms with Crippen molar-refractivity contribution in [1.82, 2.24) is 29.1 Å². The lowest BCUT2D eigenvalue weighted by molar-refractivity contribution is 0.0397. The van der Waals surface area contributed by atoms with Gasteiger partial charge in [0, 0.05) is 73.5 Å². The average molecular weight is 1240 g/mol. The van der Waals surface area contributed by atoms with E-state index in [-0.39, 0.29) is 71.2 Å². The summed E-state index contributed by atoms with van der Waals surface area (Å²) in [5.74, 6) is -21.0. The molecule has 0 atom stereocenters. The first kappa shape index (κ1) is 61.4. The summed E-state index contributed by atoms with van der Waals surface area (Å²) in [6, 6.07) is 18.1. The highest BCUT2D eigenvalue weighted by Crippen LogP contribution is 2.35.